The second-order valence-electron chi connectivity index (χ2n) is 6.58. The first kappa shape index (κ1) is 19.9. The van der Waals surface area contributed by atoms with E-state index >= 15 is 0 Å². The molecular formula is C19H24O7. The van der Waals surface area contributed by atoms with Gasteiger partial charge in [0.1, 0.15) is 11.7 Å². The largest absolute Gasteiger partial charge is 0.508 e. The standard InChI is InChI=1S/C19H24O7/c1-4-25-17(22)15-13(21)10-19(3,24)16(18(23)26-5-2)14(15)11-7-6-8-12(20)9-11/h6-9,14-16,20,24H,4-5,10H2,1-3H3/t14-,15+,16-,19-/m0/s1. The van der Waals surface area contributed by atoms with E-state index in [9.17, 15) is 24.6 Å². The summed E-state index contributed by atoms with van der Waals surface area (Å²) >= 11 is 0. The van der Waals surface area contributed by atoms with Gasteiger partial charge in [-0.15, -0.1) is 0 Å². The maximum atomic E-state index is 12.6. The Morgan fingerprint density at radius 1 is 1.19 bits per heavy atom. The molecule has 1 aromatic rings. The number of phenolic OH excluding ortho intramolecular Hbond substituents is 1. The number of aliphatic hydroxyl groups is 1. The zero-order valence-electron chi connectivity index (χ0n) is 15.1. The highest BCUT2D eigenvalue weighted by atomic mass is 16.5. The second-order valence-corrected chi connectivity index (χ2v) is 6.58. The molecule has 2 rings (SSSR count). The predicted octanol–water partition coefficient (Wildman–Crippen LogP) is 1.56. The van der Waals surface area contributed by atoms with E-state index in [0.29, 0.717) is 5.56 Å². The molecule has 0 heterocycles. The third-order valence-corrected chi connectivity index (χ3v) is 4.60. The van der Waals surface area contributed by atoms with Gasteiger partial charge in [-0.3, -0.25) is 14.4 Å². The maximum absolute atomic E-state index is 12.6. The van der Waals surface area contributed by atoms with Crippen LogP contribution in [0, 0.1) is 11.8 Å². The van der Waals surface area contributed by atoms with Gasteiger partial charge in [-0.2, -0.15) is 0 Å². The summed E-state index contributed by atoms with van der Waals surface area (Å²) in [6.07, 6.45) is -0.366. The number of carbonyl (C=O) groups excluding carboxylic acids is 3. The zero-order valence-corrected chi connectivity index (χ0v) is 15.1. The first-order valence-electron chi connectivity index (χ1n) is 8.60. The number of hydrogen-bond donors (Lipinski definition) is 2. The minimum atomic E-state index is -1.69. The third-order valence-electron chi connectivity index (χ3n) is 4.60. The Morgan fingerprint density at radius 2 is 1.81 bits per heavy atom. The molecule has 0 spiro atoms. The molecule has 0 radical (unpaired) electrons. The van der Waals surface area contributed by atoms with Gasteiger partial charge < -0.3 is 19.7 Å². The van der Waals surface area contributed by atoms with Crippen molar-refractivity contribution in [3.05, 3.63) is 29.8 Å². The molecule has 0 amide bonds. The smallest absolute Gasteiger partial charge is 0.317 e. The fraction of sp³-hybridized carbons (Fsp3) is 0.526. The van der Waals surface area contributed by atoms with E-state index in [1.165, 1.54) is 19.1 Å². The van der Waals surface area contributed by atoms with Gasteiger partial charge in [-0.25, -0.2) is 0 Å². The summed E-state index contributed by atoms with van der Waals surface area (Å²) in [6.45, 7) is 4.80. The Balaban J connectivity index is 2.61. The molecule has 142 valence electrons. The number of esters is 2. The monoisotopic (exact) mass is 364 g/mol. The van der Waals surface area contributed by atoms with E-state index in [4.69, 9.17) is 9.47 Å². The molecule has 0 unspecified atom stereocenters. The molecule has 2 N–H and O–H groups in total. The minimum Gasteiger partial charge on any atom is -0.508 e. The van der Waals surface area contributed by atoms with E-state index in [1.54, 1.807) is 26.0 Å². The zero-order chi connectivity index (χ0) is 19.5. The Labute approximate surface area is 151 Å². The molecule has 4 atom stereocenters. The number of aromatic hydroxyl groups is 1. The fourth-order valence-electron chi connectivity index (χ4n) is 3.61. The highest BCUT2D eigenvalue weighted by Crippen LogP contribution is 2.47. The van der Waals surface area contributed by atoms with Gasteiger partial charge in [0, 0.05) is 12.3 Å². The minimum absolute atomic E-state index is 0.0783. The average molecular weight is 364 g/mol. The van der Waals surface area contributed by atoms with Crippen molar-refractivity contribution in [2.24, 2.45) is 11.8 Å². The van der Waals surface area contributed by atoms with Crippen LogP contribution >= 0.6 is 0 Å². The van der Waals surface area contributed by atoms with Crippen molar-refractivity contribution in [3.8, 4) is 5.75 Å². The Morgan fingerprint density at radius 3 is 2.38 bits per heavy atom. The lowest BCUT2D eigenvalue weighted by atomic mass is 9.61. The summed E-state index contributed by atoms with van der Waals surface area (Å²) in [5.41, 5.74) is -1.31. The van der Waals surface area contributed by atoms with Crippen LogP contribution in [-0.4, -0.2) is 46.7 Å². The number of ether oxygens (including phenoxy) is 2. The molecule has 0 aromatic heterocycles. The van der Waals surface area contributed by atoms with Gasteiger partial charge in [-0.05, 0) is 38.5 Å². The second kappa shape index (κ2) is 7.86. The van der Waals surface area contributed by atoms with Crippen LogP contribution in [0.15, 0.2) is 24.3 Å². The van der Waals surface area contributed by atoms with Gasteiger partial charge in [0.2, 0.25) is 0 Å². The fourth-order valence-corrected chi connectivity index (χ4v) is 3.61. The number of hydrogen-bond acceptors (Lipinski definition) is 7. The summed E-state index contributed by atoms with van der Waals surface area (Å²) in [4.78, 5) is 37.7. The van der Waals surface area contributed by atoms with Gasteiger partial charge >= 0.3 is 11.9 Å². The van der Waals surface area contributed by atoms with E-state index in [2.05, 4.69) is 0 Å². The van der Waals surface area contributed by atoms with E-state index < -0.39 is 41.1 Å². The van der Waals surface area contributed by atoms with Crippen molar-refractivity contribution in [2.75, 3.05) is 13.2 Å². The highest BCUT2D eigenvalue weighted by Gasteiger charge is 2.57. The topological polar surface area (TPSA) is 110 Å². The quantitative estimate of drug-likeness (QED) is 0.602. The number of carbonyl (C=O) groups is 3. The Hall–Kier alpha value is -2.41. The van der Waals surface area contributed by atoms with Crippen molar-refractivity contribution in [3.63, 3.8) is 0 Å². The Kier molecular flexibility index (Phi) is 6.02. The average Bonchev–Trinajstić information content (AvgIpc) is 2.53. The molecule has 1 aliphatic rings. The first-order chi connectivity index (χ1) is 12.2. The lowest BCUT2D eigenvalue weighted by Crippen LogP contribution is -2.55. The van der Waals surface area contributed by atoms with E-state index in [-0.39, 0.29) is 25.4 Å². The van der Waals surface area contributed by atoms with Crippen LogP contribution < -0.4 is 0 Å². The molecule has 7 nitrogen and oxygen atoms in total. The predicted molar refractivity (Wildman–Crippen MR) is 91.3 cm³/mol. The van der Waals surface area contributed by atoms with Crippen LogP contribution in [0.2, 0.25) is 0 Å². The Bertz CT molecular complexity index is 695. The highest BCUT2D eigenvalue weighted by molar-refractivity contribution is 6.02. The van der Waals surface area contributed by atoms with Gasteiger partial charge in [0.25, 0.3) is 0 Å². The van der Waals surface area contributed by atoms with Crippen molar-refractivity contribution in [1.82, 2.24) is 0 Å². The summed E-state index contributed by atoms with van der Waals surface area (Å²) in [5, 5.41) is 20.6. The van der Waals surface area contributed by atoms with Crippen LogP contribution in [0.3, 0.4) is 0 Å². The van der Waals surface area contributed by atoms with Crippen LogP contribution in [0.25, 0.3) is 0 Å². The van der Waals surface area contributed by atoms with Crippen LogP contribution in [0.1, 0.15) is 38.7 Å². The number of phenols is 1. The summed E-state index contributed by atoms with van der Waals surface area (Å²) in [7, 11) is 0. The number of Topliss-reactive ketones (excluding diaryl/α,β-unsaturated/α-hetero) is 1. The van der Waals surface area contributed by atoms with Crippen LogP contribution in [0.5, 0.6) is 5.75 Å². The molecule has 26 heavy (non-hydrogen) atoms. The maximum Gasteiger partial charge on any atom is 0.317 e. The molecular weight excluding hydrogens is 340 g/mol. The summed E-state index contributed by atoms with van der Waals surface area (Å²) in [5.74, 6) is -5.46. The summed E-state index contributed by atoms with van der Waals surface area (Å²) < 4.78 is 10.1. The van der Waals surface area contributed by atoms with E-state index in [0.717, 1.165) is 0 Å². The SMILES string of the molecule is CCOC(=O)[C@@H]1C(=O)C[C@](C)(O)[C@H](C(=O)OCC)[C@H]1c1cccc(O)c1. The molecule has 1 aromatic carbocycles. The molecule has 7 heteroatoms. The molecule has 1 saturated carbocycles. The molecule has 0 bridgehead atoms. The number of rotatable bonds is 5. The van der Waals surface area contributed by atoms with Crippen LogP contribution in [0.4, 0.5) is 0 Å². The lowest BCUT2D eigenvalue weighted by molar-refractivity contribution is -0.172. The first-order valence-corrected chi connectivity index (χ1v) is 8.60. The normalized spacial score (nSPS) is 28.5. The molecule has 0 saturated heterocycles. The van der Waals surface area contributed by atoms with Gasteiger partial charge in [-0.1, -0.05) is 12.1 Å². The molecule has 1 aliphatic carbocycles. The van der Waals surface area contributed by atoms with Gasteiger partial charge in [0.15, 0.2) is 5.78 Å². The van der Waals surface area contributed by atoms with Crippen molar-refractivity contribution in [2.45, 2.75) is 38.7 Å². The van der Waals surface area contributed by atoms with E-state index in [1.807, 2.05) is 0 Å². The van der Waals surface area contributed by atoms with Gasteiger partial charge in [0.05, 0.1) is 24.7 Å². The van der Waals surface area contributed by atoms with Crippen molar-refractivity contribution >= 4 is 17.7 Å². The van der Waals surface area contributed by atoms with Crippen molar-refractivity contribution in [1.29, 1.82) is 0 Å². The van der Waals surface area contributed by atoms with Crippen LogP contribution in [-0.2, 0) is 23.9 Å². The molecule has 0 aliphatic heterocycles. The summed E-state index contributed by atoms with van der Waals surface area (Å²) in [6, 6.07) is 5.95. The number of ketones is 1. The third kappa shape index (κ3) is 3.88. The lowest BCUT2D eigenvalue weighted by Gasteiger charge is -2.43. The number of benzene rings is 1. The molecule has 1 fully saturated rings. The van der Waals surface area contributed by atoms with Crippen molar-refractivity contribution < 1.29 is 34.1 Å².